The SMILES string of the molecule is Cc1ccccc1C(/C=N/OCCN1CCC[C@@H](C(=O)O)C1)c1ccc(F)cc1C. The number of oxime groups is 1. The lowest BCUT2D eigenvalue weighted by Gasteiger charge is -2.29. The molecule has 0 amide bonds. The number of hydrogen-bond donors (Lipinski definition) is 1. The number of piperidine rings is 1. The maximum Gasteiger partial charge on any atom is 0.307 e. The number of halogens is 1. The third-order valence-electron chi connectivity index (χ3n) is 5.73. The fraction of sp³-hybridized carbons (Fsp3) is 0.417. The minimum absolute atomic E-state index is 0.141. The molecule has 0 spiro atoms. The summed E-state index contributed by atoms with van der Waals surface area (Å²) in [6.07, 6.45) is 3.39. The van der Waals surface area contributed by atoms with Crippen LogP contribution in [-0.2, 0) is 9.63 Å². The first-order valence-corrected chi connectivity index (χ1v) is 10.4. The Morgan fingerprint density at radius 2 is 2.03 bits per heavy atom. The second kappa shape index (κ2) is 10.3. The molecule has 5 nitrogen and oxygen atoms in total. The number of nitrogens with zero attached hydrogens (tertiary/aromatic N) is 2. The van der Waals surface area contributed by atoms with Crippen LogP contribution in [0.25, 0.3) is 0 Å². The third kappa shape index (κ3) is 5.66. The first-order chi connectivity index (χ1) is 14.5. The van der Waals surface area contributed by atoms with Crippen LogP contribution < -0.4 is 0 Å². The molecular formula is C24H29FN2O3. The summed E-state index contributed by atoms with van der Waals surface area (Å²) in [5.74, 6) is -1.42. The smallest absolute Gasteiger partial charge is 0.307 e. The summed E-state index contributed by atoms with van der Waals surface area (Å²) >= 11 is 0. The molecule has 2 aromatic carbocycles. The maximum atomic E-state index is 13.6. The van der Waals surface area contributed by atoms with Crippen molar-refractivity contribution in [2.24, 2.45) is 11.1 Å². The van der Waals surface area contributed by atoms with Crippen LogP contribution in [0.3, 0.4) is 0 Å². The van der Waals surface area contributed by atoms with E-state index in [1.165, 1.54) is 12.1 Å². The van der Waals surface area contributed by atoms with Crippen molar-refractivity contribution in [3.63, 3.8) is 0 Å². The van der Waals surface area contributed by atoms with Gasteiger partial charge < -0.3 is 9.94 Å². The lowest BCUT2D eigenvalue weighted by atomic mass is 9.87. The number of carboxylic acids is 1. The van der Waals surface area contributed by atoms with Gasteiger partial charge in [-0.25, -0.2) is 4.39 Å². The van der Waals surface area contributed by atoms with Crippen molar-refractivity contribution in [3.8, 4) is 0 Å². The molecule has 0 radical (unpaired) electrons. The maximum absolute atomic E-state index is 13.6. The van der Waals surface area contributed by atoms with Crippen molar-refractivity contribution in [2.45, 2.75) is 32.6 Å². The van der Waals surface area contributed by atoms with Crippen LogP contribution in [0.2, 0.25) is 0 Å². The summed E-state index contributed by atoms with van der Waals surface area (Å²) in [7, 11) is 0. The standard InChI is InChI=1S/C24H29FN2O3/c1-17-6-3-4-8-21(17)23(22-10-9-20(25)14-18(22)2)15-26-30-13-12-27-11-5-7-19(16-27)24(28)29/h3-4,6,8-10,14-15,19,23H,5,7,11-13,16H2,1-2H3,(H,28,29)/b26-15+/t19-,23?/m1/s1. The number of aryl methyl sites for hydroxylation is 2. The predicted octanol–water partition coefficient (Wildman–Crippen LogP) is 4.37. The zero-order valence-corrected chi connectivity index (χ0v) is 17.6. The zero-order chi connectivity index (χ0) is 21.5. The molecule has 1 N–H and O–H groups in total. The lowest BCUT2D eigenvalue weighted by molar-refractivity contribution is -0.143. The van der Waals surface area contributed by atoms with Gasteiger partial charge in [-0.3, -0.25) is 9.69 Å². The molecule has 160 valence electrons. The van der Waals surface area contributed by atoms with Gasteiger partial charge >= 0.3 is 5.97 Å². The van der Waals surface area contributed by atoms with Gasteiger partial charge in [0.05, 0.1) is 12.1 Å². The van der Waals surface area contributed by atoms with Crippen molar-refractivity contribution >= 4 is 12.2 Å². The van der Waals surface area contributed by atoms with Crippen LogP contribution >= 0.6 is 0 Å². The molecule has 30 heavy (non-hydrogen) atoms. The Labute approximate surface area is 177 Å². The highest BCUT2D eigenvalue weighted by atomic mass is 19.1. The summed E-state index contributed by atoms with van der Waals surface area (Å²) < 4.78 is 13.6. The Hall–Kier alpha value is -2.73. The molecule has 1 aliphatic heterocycles. The van der Waals surface area contributed by atoms with E-state index in [-0.39, 0.29) is 17.7 Å². The van der Waals surface area contributed by atoms with Gasteiger partial charge in [-0.15, -0.1) is 0 Å². The highest BCUT2D eigenvalue weighted by molar-refractivity contribution is 5.74. The summed E-state index contributed by atoms with van der Waals surface area (Å²) in [6.45, 7) is 6.43. The van der Waals surface area contributed by atoms with Gasteiger partial charge in [0.15, 0.2) is 0 Å². The van der Waals surface area contributed by atoms with Crippen molar-refractivity contribution in [1.82, 2.24) is 4.90 Å². The van der Waals surface area contributed by atoms with Crippen molar-refractivity contribution in [2.75, 3.05) is 26.2 Å². The van der Waals surface area contributed by atoms with E-state index in [0.29, 0.717) is 19.7 Å². The van der Waals surface area contributed by atoms with Crippen LogP contribution in [-0.4, -0.2) is 48.4 Å². The minimum atomic E-state index is -0.727. The largest absolute Gasteiger partial charge is 0.481 e. The Bertz CT molecular complexity index is 900. The minimum Gasteiger partial charge on any atom is -0.481 e. The summed E-state index contributed by atoms with van der Waals surface area (Å²) in [6, 6.07) is 12.9. The second-order valence-corrected chi connectivity index (χ2v) is 7.90. The Balaban J connectivity index is 1.66. The van der Waals surface area contributed by atoms with Crippen LogP contribution in [0.5, 0.6) is 0 Å². The molecule has 0 aliphatic carbocycles. The number of carboxylic acid groups (broad SMARTS) is 1. The van der Waals surface area contributed by atoms with Gasteiger partial charge in [-0.05, 0) is 67.6 Å². The molecule has 3 rings (SSSR count). The molecule has 1 aliphatic rings. The van der Waals surface area contributed by atoms with Crippen LogP contribution in [0.4, 0.5) is 4.39 Å². The molecule has 2 aromatic rings. The van der Waals surface area contributed by atoms with E-state index in [2.05, 4.69) is 16.1 Å². The normalized spacial score (nSPS) is 18.4. The van der Waals surface area contributed by atoms with Crippen molar-refractivity contribution in [3.05, 3.63) is 70.5 Å². The van der Waals surface area contributed by atoms with E-state index in [4.69, 9.17) is 4.84 Å². The molecular weight excluding hydrogens is 383 g/mol. The second-order valence-electron chi connectivity index (χ2n) is 7.90. The number of carbonyl (C=O) groups is 1. The Kier molecular flexibility index (Phi) is 7.57. The zero-order valence-electron chi connectivity index (χ0n) is 17.6. The Morgan fingerprint density at radius 3 is 2.77 bits per heavy atom. The van der Waals surface area contributed by atoms with E-state index in [1.807, 2.05) is 32.0 Å². The molecule has 0 saturated carbocycles. The molecule has 2 atom stereocenters. The van der Waals surface area contributed by atoms with E-state index < -0.39 is 5.97 Å². The van der Waals surface area contributed by atoms with E-state index >= 15 is 0 Å². The first-order valence-electron chi connectivity index (χ1n) is 10.4. The molecule has 6 heteroatoms. The fourth-order valence-corrected chi connectivity index (χ4v) is 4.04. The number of benzene rings is 2. The number of aliphatic carboxylic acids is 1. The third-order valence-corrected chi connectivity index (χ3v) is 5.73. The highest BCUT2D eigenvalue weighted by Gasteiger charge is 2.25. The lowest BCUT2D eigenvalue weighted by Crippen LogP contribution is -2.40. The summed E-state index contributed by atoms with van der Waals surface area (Å²) in [4.78, 5) is 18.8. The molecule has 0 bridgehead atoms. The van der Waals surface area contributed by atoms with E-state index in [9.17, 15) is 14.3 Å². The quantitative estimate of drug-likeness (QED) is 0.397. The molecule has 1 unspecified atom stereocenters. The van der Waals surface area contributed by atoms with Crippen molar-refractivity contribution in [1.29, 1.82) is 0 Å². The molecule has 1 saturated heterocycles. The van der Waals surface area contributed by atoms with Gasteiger partial charge in [-0.1, -0.05) is 35.5 Å². The van der Waals surface area contributed by atoms with Gasteiger partial charge in [-0.2, -0.15) is 0 Å². The molecule has 0 aromatic heterocycles. The van der Waals surface area contributed by atoms with Gasteiger partial charge in [0.2, 0.25) is 0 Å². The van der Waals surface area contributed by atoms with E-state index in [1.54, 1.807) is 12.3 Å². The van der Waals surface area contributed by atoms with Gasteiger partial charge in [0.1, 0.15) is 12.4 Å². The topological polar surface area (TPSA) is 62.1 Å². The van der Waals surface area contributed by atoms with Gasteiger partial charge in [0, 0.05) is 19.0 Å². The van der Waals surface area contributed by atoms with Gasteiger partial charge in [0.25, 0.3) is 0 Å². The van der Waals surface area contributed by atoms with E-state index in [0.717, 1.165) is 41.6 Å². The molecule has 1 heterocycles. The summed E-state index contributed by atoms with van der Waals surface area (Å²) in [5.41, 5.74) is 4.08. The fourth-order valence-electron chi connectivity index (χ4n) is 4.04. The highest BCUT2D eigenvalue weighted by Crippen LogP contribution is 2.28. The average molecular weight is 413 g/mol. The Morgan fingerprint density at radius 1 is 1.27 bits per heavy atom. The average Bonchev–Trinajstić information content (AvgIpc) is 2.72. The molecule has 1 fully saturated rings. The number of likely N-dealkylation sites (tertiary alicyclic amines) is 1. The predicted molar refractivity (Wildman–Crippen MR) is 115 cm³/mol. The van der Waals surface area contributed by atoms with Crippen LogP contribution in [0.1, 0.15) is 41.0 Å². The number of hydrogen-bond acceptors (Lipinski definition) is 4. The first kappa shape index (κ1) is 22.0. The van der Waals surface area contributed by atoms with Crippen molar-refractivity contribution < 1.29 is 19.1 Å². The van der Waals surface area contributed by atoms with Crippen LogP contribution in [0, 0.1) is 25.6 Å². The number of rotatable bonds is 8. The monoisotopic (exact) mass is 412 g/mol. The summed E-state index contributed by atoms with van der Waals surface area (Å²) in [5, 5.41) is 13.4. The van der Waals surface area contributed by atoms with Crippen LogP contribution in [0.15, 0.2) is 47.6 Å².